The van der Waals surface area contributed by atoms with E-state index in [1.807, 2.05) is 29.5 Å². The second-order valence-electron chi connectivity index (χ2n) is 7.57. The van der Waals surface area contributed by atoms with E-state index in [1.54, 1.807) is 0 Å². The van der Waals surface area contributed by atoms with Crippen molar-refractivity contribution in [3.8, 4) is 11.5 Å². The number of anilines is 2. The Bertz CT molecular complexity index is 972. The highest BCUT2D eigenvalue weighted by atomic mass is 35.5. The molecule has 0 spiro atoms. The number of fused-ring (bicyclic) bond motifs is 2. The summed E-state index contributed by atoms with van der Waals surface area (Å²) in [5.74, 6) is 1.78. The summed E-state index contributed by atoms with van der Waals surface area (Å²) in [5, 5.41) is 6.92. The molecule has 0 saturated carbocycles. The van der Waals surface area contributed by atoms with Crippen LogP contribution in [0, 0.1) is 0 Å². The summed E-state index contributed by atoms with van der Waals surface area (Å²) in [7, 11) is 0. The van der Waals surface area contributed by atoms with Gasteiger partial charge in [-0.1, -0.05) is 6.07 Å². The molecule has 3 aromatic rings. The van der Waals surface area contributed by atoms with Gasteiger partial charge in [0.1, 0.15) is 18.1 Å². The lowest BCUT2D eigenvalue weighted by Gasteiger charge is -2.36. The van der Waals surface area contributed by atoms with E-state index in [4.69, 9.17) is 9.47 Å². The number of nitrogens with zero attached hydrogens (tertiary/aromatic N) is 2. The van der Waals surface area contributed by atoms with E-state index >= 15 is 0 Å². The highest BCUT2D eigenvalue weighted by molar-refractivity contribution is 7.17. The fourth-order valence-electron chi connectivity index (χ4n) is 4.15. The Morgan fingerprint density at radius 2 is 1.97 bits per heavy atom. The summed E-state index contributed by atoms with van der Waals surface area (Å²) in [6.45, 7) is 7.79. The SMILES string of the molecule is Cl.c1cc(N2CCN(CCCOc3ccc4c(c3)OCCN4)CC2)c2ccsc2c1. The van der Waals surface area contributed by atoms with Gasteiger partial charge in [0, 0.05) is 61.1 Å². The average Bonchev–Trinajstić information content (AvgIpc) is 3.26. The first kappa shape index (κ1) is 21.1. The van der Waals surface area contributed by atoms with Crippen molar-refractivity contribution in [2.75, 3.05) is 62.7 Å². The van der Waals surface area contributed by atoms with Crippen LogP contribution in [0.15, 0.2) is 47.8 Å². The monoisotopic (exact) mass is 445 g/mol. The maximum Gasteiger partial charge on any atom is 0.146 e. The second kappa shape index (κ2) is 9.77. The third kappa shape index (κ3) is 4.61. The summed E-state index contributed by atoms with van der Waals surface area (Å²) >= 11 is 1.82. The van der Waals surface area contributed by atoms with Crippen molar-refractivity contribution >= 4 is 45.2 Å². The van der Waals surface area contributed by atoms with E-state index in [0.29, 0.717) is 6.61 Å². The molecule has 2 aliphatic heterocycles. The molecule has 0 unspecified atom stereocenters. The maximum atomic E-state index is 5.95. The van der Waals surface area contributed by atoms with Crippen LogP contribution in [0.25, 0.3) is 10.1 Å². The molecule has 2 aromatic carbocycles. The summed E-state index contributed by atoms with van der Waals surface area (Å²) < 4.78 is 13.0. The molecule has 160 valence electrons. The van der Waals surface area contributed by atoms with Gasteiger partial charge in [-0.05, 0) is 42.1 Å². The summed E-state index contributed by atoms with van der Waals surface area (Å²) in [6, 6.07) is 15.0. The topological polar surface area (TPSA) is 37.0 Å². The number of ether oxygens (including phenoxy) is 2. The van der Waals surface area contributed by atoms with Crippen LogP contribution in [-0.2, 0) is 0 Å². The van der Waals surface area contributed by atoms with Crippen molar-refractivity contribution in [3.63, 3.8) is 0 Å². The van der Waals surface area contributed by atoms with E-state index < -0.39 is 0 Å². The molecule has 1 fully saturated rings. The van der Waals surface area contributed by atoms with E-state index in [1.165, 1.54) is 15.8 Å². The normalized spacial score (nSPS) is 16.3. The van der Waals surface area contributed by atoms with Crippen molar-refractivity contribution in [1.29, 1.82) is 0 Å². The van der Waals surface area contributed by atoms with E-state index in [0.717, 1.165) is 69.5 Å². The van der Waals surface area contributed by atoms with Crippen LogP contribution < -0.4 is 19.7 Å². The van der Waals surface area contributed by atoms with Crippen LogP contribution in [0.3, 0.4) is 0 Å². The fraction of sp³-hybridized carbons (Fsp3) is 0.391. The van der Waals surface area contributed by atoms with E-state index in [9.17, 15) is 0 Å². The minimum absolute atomic E-state index is 0. The molecule has 1 N–H and O–H groups in total. The van der Waals surface area contributed by atoms with E-state index in [-0.39, 0.29) is 12.4 Å². The van der Waals surface area contributed by atoms with Crippen molar-refractivity contribution in [1.82, 2.24) is 4.90 Å². The Hall–Kier alpha value is -2.15. The predicted octanol–water partition coefficient (Wildman–Crippen LogP) is 4.72. The van der Waals surface area contributed by atoms with Gasteiger partial charge < -0.3 is 19.7 Å². The van der Waals surface area contributed by atoms with Crippen molar-refractivity contribution in [2.45, 2.75) is 6.42 Å². The third-order valence-corrected chi connectivity index (χ3v) is 6.58. The minimum Gasteiger partial charge on any atom is -0.493 e. The summed E-state index contributed by atoms with van der Waals surface area (Å²) in [5.41, 5.74) is 2.44. The van der Waals surface area contributed by atoms with Gasteiger partial charge in [-0.15, -0.1) is 23.7 Å². The Morgan fingerprint density at radius 3 is 2.87 bits per heavy atom. The predicted molar refractivity (Wildman–Crippen MR) is 128 cm³/mol. The Labute approximate surface area is 188 Å². The van der Waals surface area contributed by atoms with Gasteiger partial charge in [0.25, 0.3) is 0 Å². The molecule has 0 radical (unpaired) electrons. The summed E-state index contributed by atoms with van der Waals surface area (Å²) in [6.07, 6.45) is 1.04. The van der Waals surface area contributed by atoms with Gasteiger partial charge in [0.05, 0.1) is 12.3 Å². The van der Waals surface area contributed by atoms with E-state index in [2.05, 4.69) is 44.8 Å². The van der Waals surface area contributed by atoms with Crippen LogP contribution in [-0.4, -0.2) is 57.4 Å². The number of hydrogen-bond donors (Lipinski definition) is 1. The molecule has 0 amide bonds. The van der Waals surface area contributed by atoms with Crippen LogP contribution in [0.4, 0.5) is 11.4 Å². The molecule has 30 heavy (non-hydrogen) atoms. The molecule has 0 bridgehead atoms. The fourth-order valence-corrected chi connectivity index (χ4v) is 4.96. The first-order valence-corrected chi connectivity index (χ1v) is 11.3. The Balaban J connectivity index is 0.00000218. The smallest absolute Gasteiger partial charge is 0.146 e. The quantitative estimate of drug-likeness (QED) is 0.556. The molecule has 5 rings (SSSR count). The van der Waals surface area contributed by atoms with Crippen molar-refractivity contribution in [3.05, 3.63) is 47.8 Å². The molecular formula is C23H28ClN3O2S. The van der Waals surface area contributed by atoms with Crippen LogP contribution >= 0.6 is 23.7 Å². The maximum absolute atomic E-state index is 5.95. The number of nitrogens with one attached hydrogen (secondary N) is 1. The molecule has 0 aliphatic carbocycles. The lowest BCUT2D eigenvalue weighted by molar-refractivity contribution is 0.224. The molecule has 5 nitrogen and oxygen atoms in total. The lowest BCUT2D eigenvalue weighted by Crippen LogP contribution is -2.46. The Morgan fingerprint density at radius 1 is 1.07 bits per heavy atom. The zero-order chi connectivity index (χ0) is 19.5. The van der Waals surface area contributed by atoms with Crippen LogP contribution in [0.2, 0.25) is 0 Å². The molecule has 1 aromatic heterocycles. The molecule has 3 heterocycles. The number of thiophene rings is 1. The van der Waals surface area contributed by atoms with Crippen molar-refractivity contribution < 1.29 is 9.47 Å². The van der Waals surface area contributed by atoms with Gasteiger partial charge in [0.2, 0.25) is 0 Å². The zero-order valence-corrected chi connectivity index (χ0v) is 18.6. The minimum atomic E-state index is 0. The van der Waals surface area contributed by atoms with Gasteiger partial charge in [0.15, 0.2) is 0 Å². The molecule has 7 heteroatoms. The molecule has 2 aliphatic rings. The first-order chi connectivity index (χ1) is 14.4. The van der Waals surface area contributed by atoms with Crippen molar-refractivity contribution in [2.24, 2.45) is 0 Å². The highest BCUT2D eigenvalue weighted by Crippen LogP contribution is 2.32. The summed E-state index contributed by atoms with van der Waals surface area (Å²) in [4.78, 5) is 5.08. The standard InChI is InChI=1S/C23H27N3O2S.ClH/c1-3-21(19-7-16-29-23(19)4-1)26-12-10-25(11-13-26)9-2-14-27-18-5-6-20-22(17-18)28-15-8-24-20;/h1,3-7,16-17,24H,2,8-15H2;1H. The molecular weight excluding hydrogens is 418 g/mol. The van der Waals surface area contributed by atoms with Crippen LogP contribution in [0.5, 0.6) is 11.5 Å². The first-order valence-electron chi connectivity index (χ1n) is 10.4. The number of benzene rings is 2. The van der Waals surface area contributed by atoms with Crippen LogP contribution in [0.1, 0.15) is 6.42 Å². The molecule has 0 atom stereocenters. The average molecular weight is 446 g/mol. The molecule has 1 saturated heterocycles. The van der Waals surface area contributed by atoms with Gasteiger partial charge >= 0.3 is 0 Å². The van der Waals surface area contributed by atoms with Gasteiger partial charge in [-0.2, -0.15) is 0 Å². The second-order valence-corrected chi connectivity index (χ2v) is 8.52. The third-order valence-electron chi connectivity index (χ3n) is 5.70. The largest absolute Gasteiger partial charge is 0.493 e. The van der Waals surface area contributed by atoms with Gasteiger partial charge in [-0.3, -0.25) is 4.90 Å². The number of piperazine rings is 1. The lowest BCUT2D eigenvalue weighted by atomic mass is 10.2. The number of hydrogen-bond acceptors (Lipinski definition) is 6. The Kier molecular flexibility index (Phi) is 6.87. The number of rotatable bonds is 6. The highest BCUT2D eigenvalue weighted by Gasteiger charge is 2.18. The number of halogens is 1. The van der Waals surface area contributed by atoms with Gasteiger partial charge in [-0.25, -0.2) is 0 Å². The zero-order valence-electron chi connectivity index (χ0n) is 17.0.